The van der Waals surface area contributed by atoms with Crippen LogP contribution in [0, 0.1) is 0 Å². The van der Waals surface area contributed by atoms with Crippen molar-refractivity contribution in [3.8, 4) is 11.5 Å². The highest BCUT2D eigenvalue weighted by Gasteiger charge is 2.29. The summed E-state index contributed by atoms with van der Waals surface area (Å²) in [6.07, 6.45) is 0.903. The molecule has 0 saturated carbocycles. The molecule has 0 fully saturated rings. The summed E-state index contributed by atoms with van der Waals surface area (Å²) < 4.78 is 12.1. The summed E-state index contributed by atoms with van der Waals surface area (Å²) in [5.74, 6) is 0.566. The van der Waals surface area contributed by atoms with E-state index in [4.69, 9.17) is 14.6 Å². The maximum atomic E-state index is 11.0. The predicted octanol–water partition coefficient (Wildman–Crippen LogP) is 3.36. The molecule has 104 valence electrons. The fraction of sp³-hybridized carbons (Fsp3) is 0.500. The van der Waals surface area contributed by atoms with Crippen LogP contribution in [-0.2, 0) is 10.2 Å². The first-order valence-electron chi connectivity index (χ1n) is 6.22. The third kappa shape index (κ3) is 3.03. The molecule has 4 nitrogen and oxygen atoms in total. The first-order valence-corrected chi connectivity index (χ1v) is 7.01. The Morgan fingerprint density at radius 3 is 2.74 bits per heavy atom. The van der Waals surface area contributed by atoms with Gasteiger partial charge in [0.15, 0.2) is 11.5 Å². The number of benzene rings is 1. The lowest BCUT2D eigenvalue weighted by Crippen LogP contribution is -2.22. The molecule has 0 aliphatic carbocycles. The second-order valence-corrected chi connectivity index (χ2v) is 6.05. The van der Waals surface area contributed by atoms with Crippen molar-refractivity contribution in [2.45, 2.75) is 32.1 Å². The lowest BCUT2D eigenvalue weighted by Gasteiger charge is -2.26. The Bertz CT molecular complexity index is 496. The third-order valence-electron chi connectivity index (χ3n) is 3.18. The smallest absolute Gasteiger partial charge is 0.304 e. The average Bonchev–Trinajstić information content (AvgIpc) is 2.52. The maximum Gasteiger partial charge on any atom is 0.304 e. The Morgan fingerprint density at radius 2 is 2.05 bits per heavy atom. The zero-order chi connectivity index (χ0) is 14.0. The molecule has 1 aliphatic heterocycles. The Morgan fingerprint density at radius 1 is 1.37 bits per heavy atom. The van der Waals surface area contributed by atoms with Crippen LogP contribution in [-0.4, -0.2) is 24.3 Å². The SMILES string of the molecule is CC(C)(CC(=O)O)c1ccc2c(c1Br)OCCCO2. The van der Waals surface area contributed by atoms with Gasteiger partial charge in [0.25, 0.3) is 0 Å². The molecular weight excluding hydrogens is 312 g/mol. The lowest BCUT2D eigenvalue weighted by molar-refractivity contribution is -0.138. The van der Waals surface area contributed by atoms with E-state index < -0.39 is 11.4 Å². The predicted molar refractivity (Wildman–Crippen MR) is 75.0 cm³/mol. The highest BCUT2D eigenvalue weighted by atomic mass is 79.9. The minimum Gasteiger partial charge on any atom is -0.490 e. The van der Waals surface area contributed by atoms with Crippen molar-refractivity contribution in [3.63, 3.8) is 0 Å². The zero-order valence-electron chi connectivity index (χ0n) is 11.0. The second-order valence-electron chi connectivity index (χ2n) is 5.26. The topological polar surface area (TPSA) is 55.8 Å². The molecule has 1 N–H and O–H groups in total. The first-order chi connectivity index (χ1) is 8.92. The van der Waals surface area contributed by atoms with E-state index in [0.29, 0.717) is 24.7 Å². The van der Waals surface area contributed by atoms with Gasteiger partial charge in [0.1, 0.15) is 0 Å². The van der Waals surface area contributed by atoms with E-state index in [2.05, 4.69) is 15.9 Å². The molecular formula is C14H17BrO4. The van der Waals surface area contributed by atoms with Crippen LogP contribution in [0.15, 0.2) is 16.6 Å². The normalized spacial score (nSPS) is 14.9. The maximum absolute atomic E-state index is 11.0. The standard InChI is InChI=1S/C14H17BrO4/c1-14(2,8-11(16)17)9-4-5-10-13(12(9)15)19-7-3-6-18-10/h4-5H,3,6-8H2,1-2H3,(H,16,17). The van der Waals surface area contributed by atoms with Gasteiger partial charge < -0.3 is 14.6 Å². The van der Waals surface area contributed by atoms with Gasteiger partial charge in [0.2, 0.25) is 0 Å². The van der Waals surface area contributed by atoms with Gasteiger partial charge in [-0.1, -0.05) is 19.9 Å². The van der Waals surface area contributed by atoms with Gasteiger partial charge in [-0.15, -0.1) is 0 Å². The number of halogens is 1. The molecule has 2 rings (SSSR count). The van der Waals surface area contributed by atoms with Crippen LogP contribution in [0.4, 0.5) is 0 Å². The highest BCUT2D eigenvalue weighted by molar-refractivity contribution is 9.10. The van der Waals surface area contributed by atoms with Crippen molar-refractivity contribution >= 4 is 21.9 Å². The van der Waals surface area contributed by atoms with E-state index in [1.54, 1.807) is 0 Å². The molecule has 0 saturated heterocycles. The van der Waals surface area contributed by atoms with Crippen LogP contribution in [0.1, 0.15) is 32.3 Å². The number of aliphatic carboxylic acids is 1. The zero-order valence-corrected chi connectivity index (χ0v) is 12.6. The Hall–Kier alpha value is -1.23. The highest BCUT2D eigenvalue weighted by Crippen LogP contribution is 2.44. The van der Waals surface area contributed by atoms with Gasteiger partial charge in [-0.2, -0.15) is 0 Å². The minimum atomic E-state index is -0.816. The fourth-order valence-electron chi connectivity index (χ4n) is 2.20. The van der Waals surface area contributed by atoms with Crippen LogP contribution in [0.2, 0.25) is 0 Å². The molecule has 19 heavy (non-hydrogen) atoms. The van der Waals surface area contributed by atoms with Crippen molar-refractivity contribution < 1.29 is 19.4 Å². The van der Waals surface area contributed by atoms with Crippen molar-refractivity contribution in [2.24, 2.45) is 0 Å². The molecule has 0 radical (unpaired) electrons. The molecule has 0 aromatic heterocycles. The largest absolute Gasteiger partial charge is 0.490 e. The number of carboxylic acid groups (broad SMARTS) is 1. The van der Waals surface area contributed by atoms with Crippen molar-refractivity contribution in [3.05, 3.63) is 22.2 Å². The van der Waals surface area contributed by atoms with Crippen LogP contribution in [0.25, 0.3) is 0 Å². The monoisotopic (exact) mass is 328 g/mol. The summed E-state index contributed by atoms with van der Waals surface area (Å²) >= 11 is 3.53. The van der Waals surface area contributed by atoms with E-state index in [0.717, 1.165) is 16.5 Å². The van der Waals surface area contributed by atoms with Gasteiger partial charge >= 0.3 is 5.97 Å². The fourth-order valence-corrected chi connectivity index (χ4v) is 3.18. The summed E-state index contributed by atoms with van der Waals surface area (Å²) in [7, 11) is 0. The molecule has 1 heterocycles. The van der Waals surface area contributed by atoms with Crippen molar-refractivity contribution in [1.29, 1.82) is 0 Å². The van der Waals surface area contributed by atoms with E-state index in [9.17, 15) is 4.79 Å². The number of ether oxygens (including phenoxy) is 2. The average molecular weight is 329 g/mol. The van der Waals surface area contributed by atoms with Gasteiger partial charge in [-0.3, -0.25) is 4.79 Å². The number of fused-ring (bicyclic) bond motifs is 1. The number of carbonyl (C=O) groups is 1. The van der Waals surface area contributed by atoms with Crippen LogP contribution >= 0.6 is 15.9 Å². The van der Waals surface area contributed by atoms with Gasteiger partial charge in [0, 0.05) is 11.8 Å². The lowest BCUT2D eigenvalue weighted by atomic mass is 9.81. The van der Waals surface area contributed by atoms with Crippen molar-refractivity contribution in [1.82, 2.24) is 0 Å². The summed E-state index contributed by atoms with van der Waals surface area (Å²) in [6.45, 7) is 5.06. The van der Waals surface area contributed by atoms with Crippen molar-refractivity contribution in [2.75, 3.05) is 13.2 Å². The molecule has 0 amide bonds. The summed E-state index contributed by atoms with van der Waals surface area (Å²) in [6, 6.07) is 3.75. The molecule has 1 aliphatic rings. The number of hydrogen-bond acceptors (Lipinski definition) is 3. The van der Waals surface area contributed by atoms with E-state index >= 15 is 0 Å². The number of carboxylic acids is 1. The summed E-state index contributed by atoms with van der Waals surface area (Å²) in [5, 5.41) is 9.01. The molecule has 0 unspecified atom stereocenters. The summed E-state index contributed by atoms with van der Waals surface area (Å²) in [5.41, 5.74) is 0.439. The van der Waals surface area contributed by atoms with Gasteiger partial charge in [0.05, 0.1) is 24.1 Å². The molecule has 0 atom stereocenters. The first kappa shape index (κ1) is 14.2. The molecule has 1 aromatic rings. The van der Waals surface area contributed by atoms with Crippen LogP contribution < -0.4 is 9.47 Å². The quantitative estimate of drug-likeness (QED) is 0.924. The van der Waals surface area contributed by atoms with E-state index in [1.807, 2.05) is 26.0 Å². The molecule has 0 spiro atoms. The van der Waals surface area contributed by atoms with Gasteiger partial charge in [-0.25, -0.2) is 0 Å². The van der Waals surface area contributed by atoms with Crippen LogP contribution in [0.3, 0.4) is 0 Å². The third-order valence-corrected chi connectivity index (χ3v) is 3.96. The van der Waals surface area contributed by atoms with Gasteiger partial charge in [-0.05, 0) is 27.6 Å². The Balaban J connectivity index is 2.43. The second kappa shape index (κ2) is 5.41. The van der Waals surface area contributed by atoms with Crippen LogP contribution in [0.5, 0.6) is 11.5 Å². The van der Waals surface area contributed by atoms with E-state index in [1.165, 1.54) is 0 Å². The number of hydrogen-bond donors (Lipinski definition) is 1. The Kier molecular flexibility index (Phi) is 4.04. The van der Waals surface area contributed by atoms with E-state index in [-0.39, 0.29) is 6.42 Å². The number of rotatable bonds is 3. The minimum absolute atomic E-state index is 0.0608. The summed E-state index contributed by atoms with van der Waals surface area (Å²) in [4.78, 5) is 11.0. The molecule has 1 aromatic carbocycles. The molecule has 5 heteroatoms. The Labute approximate surface area is 120 Å². The molecule has 0 bridgehead atoms.